The van der Waals surface area contributed by atoms with Gasteiger partial charge in [0.05, 0.1) is 28.8 Å². The van der Waals surface area contributed by atoms with E-state index in [0.29, 0.717) is 13.0 Å². The van der Waals surface area contributed by atoms with Crippen molar-refractivity contribution < 1.29 is 14.7 Å². The molecule has 0 saturated carbocycles. The minimum absolute atomic E-state index is 0.0123. The highest BCUT2D eigenvalue weighted by atomic mass is 32.2. The molecule has 2 aliphatic rings. The standard InChI is InChI=1S/C14H20N4O3S/c1-3-4-5-9-7-17(16-15-9)8-14(2)12(13(20)21)18-10(19)6-11(18)22-14/h7,11-12H,3-6,8H2,1-2H3,(H,20,21). The molecule has 2 saturated heterocycles. The third-order valence-corrected chi connectivity index (χ3v) is 5.85. The molecule has 0 aliphatic carbocycles. The van der Waals surface area contributed by atoms with Gasteiger partial charge in [-0.25, -0.2) is 4.79 Å². The summed E-state index contributed by atoms with van der Waals surface area (Å²) in [6.45, 7) is 4.46. The SMILES string of the molecule is CCCCc1cn(CC2(C)SC3CC(=O)N3C2C(=O)O)nn1. The van der Waals surface area contributed by atoms with E-state index in [9.17, 15) is 14.7 Å². The summed E-state index contributed by atoms with van der Waals surface area (Å²) in [5.41, 5.74) is 0.930. The molecule has 8 heteroatoms. The van der Waals surface area contributed by atoms with Gasteiger partial charge in [0.25, 0.3) is 0 Å². The van der Waals surface area contributed by atoms with Gasteiger partial charge >= 0.3 is 5.97 Å². The van der Waals surface area contributed by atoms with Gasteiger partial charge in [0.15, 0.2) is 0 Å². The molecule has 7 nitrogen and oxygen atoms in total. The highest BCUT2D eigenvalue weighted by Crippen LogP contribution is 2.51. The topological polar surface area (TPSA) is 88.3 Å². The summed E-state index contributed by atoms with van der Waals surface area (Å²) < 4.78 is 1.13. The molecule has 1 amide bonds. The highest BCUT2D eigenvalue weighted by Gasteiger charge is 2.60. The Kier molecular flexibility index (Phi) is 3.88. The lowest BCUT2D eigenvalue weighted by Gasteiger charge is -2.36. The monoisotopic (exact) mass is 324 g/mol. The Labute approximate surface area is 133 Å². The number of hydrogen-bond acceptors (Lipinski definition) is 5. The number of aliphatic carboxylic acids is 1. The Bertz CT molecular complexity index is 605. The summed E-state index contributed by atoms with van der Waals surface area (Å²) in [5, 5.41) is 17.8. The van der Waals surface area contributed by atoms with E-state index in [2.05, 4.69) is 17.2 Å². The first-order valence-corrected chi connectivity index (χ1v) is 8.43. The van der Waals surface area contributed by atoms with Crippen LogP contribution in [-0.2, 0) is 22.6 Å². The van der Waals surface area contributed by atoms with Crippen molar-refractivity contribution in [1.82, 2.24) is 19.9 Å². The quantitative estimate of drug-likeness (QED) is 0.789. The van der Waals surface area contributed by atoms with E-state index in [0.717, 1.165) is 25.0 Å². The average molecular weight is 324 g/mol. The van der Waals surface area contributed by atoms with Crippen LogP contribution in [0.25, 0.3) is 0 Å². The Morgan fingerprint density at radius 3 is 3.00 bits per heavy atom. The maximum Gasteiger partial charge on any atom is 0.327 e. The van der Waals surface area contributed by atoms with E-state index in [-0.39, 0.29) is 11.3 Å². The highest BCUT2D eigenvalue weighted by molar-refractivity contribution is 8.01. The zero-order valence-electron chi connectivity index (χ0n) is 12.7. The fourth-order valence-electron chi connectivity index (χ4n) is 3.19. The molecule has 0 radical (unpaired) electrons. The second-order valence-electron chi connectivity index (χ2n) is 6.14. The number of fused-ring (bicyclic) bond motifs is 1. The fourth-order valence-corrected chi connectivity index (χ4v) is 4.94. The molecule has 2 aliphatic heterocycles. The Hall–Kier alpha value is -1.57. The number of rotatable bonds is 6. The summed E-state index contributed by atoms with van der Waals surface area (Å²) in [5.74, 6) is -1.02. The van der Waals surface area contributed by atoms with Gasteiger partial charge in [0, 0.05) is 6.20 Å². The maximum absolute atomic E-state index is 11.7. The van der Waals surface area contributed by atoms with E-state index >= 15 is 0 Å². The zero-order chi connectivity index (χ0) is 15.9. The fraction of sp³-hybridized carbons (Fsp3) is 0.714. The maximum atomic E-state index is 11.7. The minimum atomic E-state index is -0.947. The van der Waals surface area contributed by atoms with Crippen LogP contribution in [0.5, 0.6) is 0 Å². The number of carboxylic acid groups (broad SMARTS) is 1. The van der Waals surface area contributed by atoms with E-state index in [4.69, 9.17) is 0 Å². The second-order valence-corrected chi connectivity index (χ2v) is 7.85. The van der Waals surface area contributed by atoms with Crippen molar-refractivity contribution in [2.24, 2.45) is 0 Å². The van der Waals surface area contributed by atoms with Gasteiger partial charge in [0.1, 0.15) is 6.04 Å². The number of hydrogen-bond donors (Lipinski definition) is 1. The van der Waals surface area contributed by atoms with Gasteiger partial charge < -0.3 is 10.0 Å². The molecule has 0 aromatic carbocycles. The first-order valence-electron chi connectivity index (χ1n) is 7.55. The molecule has 3 heterocycles. The molecule has 1 N–H and O–H groups in total. The predicted molar refractivity (Wildman–Crippen MR) is 81.3 cm³/mol. The molecule has 1 aromatic rings. The Morgan fingerprint density at radius 1 is 1.59 bits per heavy atom. The van der Waals surface area contributed by atoms with Crippen molar-refractivity contribution in [3.05, 3.63) is 11.9 Å². The van der Waals surface area contributed by atoms with Gasteiger partial charge in [-0.1, -0.05) is 18.6 Å². The van der Waals surface area contributed by atoms with Crippen molar-refractivity contribution in [2.45, 2.75) is 62.2 Å². The van der Waals surface area contributed by atoms with Crippen LogP contribution in [0.4, 0.5) is 0 Å². The van der Waals surface area contributed by atoms with E-state index in [1.165, 1.54) is 4.90 Å². The molecule has 3 rings (SSSR count). The van der Waals surface area contributed by atoms with Crippen LogP contribution in [0.2, 0.25) is 0 Å². The van der Waals surface area contributed by atoms with Crippen molar-refractivity contribution in [1.29, 1.82) is 0 Å². The van der Waals surface area contributed by atoms with Gasteiger partial charge in [-0.15, -0.1) is 16.9 Å². The summed E-state index contributed by atoms with van der Waals surface area (Å²) in [4.78, 5) is 24.8. The molecule has 1 aromatic heterocycles. The lowest BCUT2D eigenvalue weighted by atomic mass is 9.96. The lowest BCUT2D eigenvalue weighted by Crippen LogP contribution is -2.58. The van der Waals surface area contributed by atoms with Gasteiger partial charge in [-0.05, 0) is 19.8 Å². The number of aromatic nitrogens is 3. The minimum Gasteiger partial charge on any atom is -0.480 e. The van der Waals surface area contributed by atoms with Gasteiger partial charge in [0.2, 0.25) is 5.91 Å². The van der Waals surface area contributed by atoms with Gasteiger partial charge in [-0.2, -0.15) is 0 Å². The van der Waals surface area contributed by atoms with Crippen molar-refractivity contribution in [3.63, 3.8) is 0 Å². The molecule has 0 spiro atoms. The molecule has 2 fully saturated rings. The molecular formula is C14H20N4O3S. The predicted octanol–water partition coefficient (Wildman–Crippen LogP) is 1.14. The van der Waals surface area contributed by atoms with Crippen LogP contribution in [0.3, 0.4) is 0 Å². The number of aryl methyl sites for hydroxylation is 1. The van der Waals surface area contributed by atoms with Crippen LogP contribution >= 0.6 is 11.8 Å². The molecular weight excluding hydrogens is 304 g/mol. The number of nitrogens with zero attached hydrogens (tertiary/aromatic N) is 4. The largest absolute Gasteiger partial charge is 0.480 e. The molecule has 0 bridgehead atoms. The summed E-state index contributed by atoms with van der Waals surface area (Å²) in [6.07, 6.45) is 5.37. The summed E-state index contributed by atoms with van der Waals surface area (Å²) >= 11 is 1.56. The van der Waals surface area contributed by atoms with Gasteiger partial charge in [-0.3, -0.25) is 9.48 Å². The number of thioether (sulfide) groups is 1. The summed E-state index contributed by atoms with van der Waals surface area (Å²) in [6, 6.07) is -0.799. The van der Waals surface area contributed by atoms with Crippen LogP contribution in [0, 0.1) is 0 Å². The molecule has 3 unspecified atom stereocenters. The van der Waals surface area contributed by atoms with Crippen LogP contribution in [0.1, 0.15) is 38.8 Å². The third-order valence-electron chi connectivity index (χ3n) is 4.29. The van der Waals surface area contributed by atoms with Crippen molar-refractivity contribution in [2.75, 3.05) is 0 Å². The number of carboxylic acids is 1. The van der Waals surface area contributed by atoms with E-state index in [1.807, 2.05) is 13.1 Å². The molecule has 22 heavy (non-hydrogen) atoms. The number of unbranched alkanes of at least 4 members (excludes halogenated alkanes) is 1. The average Bonchev–Trinajstić information content (AvgIpc) is 2.97. The smallest absolute Gasteiger partial charge is 0.327 e. The third kappa shape index (κ3) is 2.49. The first-order chi connectivity index (χ1) is 10.4. The van der Waals surface area contributed by atoms with Crippen LogP contribution in [0.15, 0.2) is 6.20 Å². The number of carbonyl (C=O) groups excluding carboxylic acids is 1. The zero-order valence-corrected chi connectivity index (χ0v) is 13.5. The Morgan fingerprint density at radius 2 is 2.36 bits per heavy atom. The molecule has 120 valence electrons. The first kappa shape index (κ1) is 15.3. The molecule has 3 atom stereocenters. The number of amides is 1. The normalized spacial score (nSPS) is 30.3. The van der Waals surface area contributed by atoms with Crippen LogP contribution in [-0.4, -0.2) is 53.0 Å². The lowest BCUT2D eigenvalue weighted by molar-refractivity contribution is -0.157. The second kappa shape index (κ2) is 5.57. The van der Waals surface area contributed by atoms with Crippen molar-refractivity contribution in [3.8, 4) is 0 Å². The number of carbonyl (C=O) groups is 2. The Balaban J connectivity index is 1.76. The number of β-lactam (4-membered cyclic amide) rings is 1. The van der Waals surface area contributed by atoms with Crippen LogP contribution < -0.4 is 0 Å². The summed E-state index contributed by atoms with van der Waals surface area (Å²) in [7, 11) is 0. The van der Waals surface area contributed by atoms with Crippen molar-refractivity contribution >= 4 is 23.6 Å². The van der Waals surface area contributed by atoms with E-state index in [1.54, 1.807) is 16.4 Å². The van der Waals surface area contributed by atoms with E-state index < -0.39 is 16.8 Å².